The third kappa shape index (κ3) is 3.20. The van der Waals surface area contributed by atoms with Crippen molar-refractivity contribution in [3.8, 4) is 11.4 Å². The molecule has 0 unspecified atom stereocenters. The fourth-order valence-electron chi connectivity index (χ4n) is 2.01. The van der Waals surface area contributed by atoms with Crippen LogP contribution < -0.4 is 5.32 Å². The van der Waals surface area contributed by atoms with E-state index in [0.29, 0.717) is 17.0 Å². The van der Waals surface area contributed by atoms with E-state index < -0.39 is 0 Å². The molecule has 2 aromatic heterocycles. The van der Waals surface area contributed by atoms with Gasteiger partial charge in [0.25, 0.3) is 5.91 Å². The Bertz CT molecular complexity index is 764. The van der Waals surface area contributed by atoms with Crippen LogP contribution in [-0.4, -0.2) is 16.0 Å². The molecule has 0 saturated heterocycles. The Morgan fingerprint density at radius 1 is 1.14 bits per heavy atom. The highest BCUT2D eigenvalue weighted by atomic mass is 16.5. The maximum Gasteiger partial charge on any atom is 0.251 e. The second kappa shape index (κ2) is 6.22. The Morgan fingerprint density at radius 3 is 2.68 bits per heavy atom. The van der Waals surface area contributed by atoms with E-state index in [9.17, 15) is 4.79 Å². The van der Waals surface area contributed by atoms with Crippen molar-refractivity contribution in [3.63, 3.8) is 0 Å². The first-order chi connectivity index (χ1) is 10.7. The first-order valence-electron chi connectivity index (χ1n) is 6.94. The fraction of sp³-hybridized carbons (Fsp3) is 0.118. The fourth-order valence-corrected chi connectivity index (χ4v) is 2.01. The minimum Gasteiger partial charge on any atom is -0.359 e. The van der Waals surface area contributed by atoms with E-state index in [1.54, 1.807) is 24.4 Å². The summed E-state index contributed by atoms with van der Waals surface area (Å²) in [6.45, 7) is 2.27. The molecule has 0 aliphatic rings. The lowest BCUT2D eigenvalue weighted by atomic mass is 10.1. The lowest BCUT2D eigenvalue weighted by molar-refractivity contribution is 0.0947. The average molecular weight is 293 g/mol. The van der Waals surface area contributed by atoms with Crippen LogP contribution in [0, 0.1) is 6.92 Å². The van der Waals surface area contributed by atoms with Crippen LogP contribution >= 0.6 is 0 Å². The summed E-state index contributed by atoms with van der Waals surface area (Å²) in [4.78, 5) is 16.2. The lowest BCUT2D eigenvalue weighted by Crippen LogP contribution is -2.22. The molecule has 0 radical (unpaired) electrons. The largest absolute Gasteiger partial charge is 0.359 e. The molecule has 1 aromatic carbocycles. The van der Waals surface area contributed by atoms with Crippen LogP contribution in [0.3, 0.4) is 0 Å². The van der Waals surface area contributed by atoms with Crippen LogP contribution in [0.25, 0.3) is 11.4 Å². The topological polar surface area (TPSA) is 68.0 Å². The van der Waals surface area contributed by atoms with Crippen molar-refractivity contribution >= 4 is 5.91 Å². The van der Waals surface area contributed by atoms with Crippen LogP contribution in [0.15, 0.2) is 59.3 Å². The number of carbonyl (C=O) groups is 1. The van der Waals surface area contributed by atoms with Crippen molar-refractivity contribution in [1.29, 1.82) is 0 Å². The van der Waals surface area contributed by atoms with E-state index in [4.69, 9.17) is 4.52 Å². The molecule has 22 heavy (non-hydrogen) atoms. The van der Waals surface area contributed by atoms with Crippen LogP contribution in [0.2, 0.25) is 0 Å². The Morgan fingerprint density at radius 2 is 1.95 bits per heavy atom. The van der Waals surface area contributed by atoms with Crippen molar-refractivity contribution in [3.05, 3.63) is 71.6 Å². The molecule has 0 saturated carbocycles. The van der Waals surface area contributed by atoms with E-state index in [1.807, 2.05) is 37.3 Å². The molecular formula is C17H15N3O2. The van der Waals surface area contributed by atoms with Crippen LogP contribution in [0.1, 0.15) is 21.7 Å². The van der Waals surface area contributed by atoms with Crippen molar-refractivity contribution in [2.75, 3.05) is 0 Å². The number of rotatable bonds is 4. The number of pyridine rings is 1. The standard InChI is InChI=1S/C17H15N3O2/c1-12-5-7-13(8-6-12)17(21)19-11-14-10-16(20-22-14)15-4-2-3-9-18-15/h2-10H,11H2,1H3,(H,19,21). The predicted molar refractivity (Wildman–Crippen MR) is 82.1 cm³/mol. The Labute approximate surface area is 128 Å². The molecule has 0 fully saturated rings. The summed E-state index contributed by atoms with van der Waals surface area (Å²) in [5, 5.41) is 6.77. The van der Waals surface area contributed by atoms with Crippen molar-refractivity contribution in [2.24, 2.45) is 0 Å². The second-order valence-corrected chi connectivity index (χ2v) is 4.94. The molecule has 2 heterocycles. The zero-order valence-corrected chi connectivity index (χ0v) is 12.1. The molecule has 1 N–H and O–H groups in total. The Hall–Kier alpha value is -2.95. The SMILES string of the molecule is Cc1ccc(C(=O)NCc2cc(-c3ccccn3)no2)cc1. The number of nitrogens with zero attached hydrogens (tertiary/aromatic N) is 2. The van der Waals surface area contributed by atoms with Crippen LogP contribution in [0.5, 0.6) is 0 Å². The summed E-state index contributed by atoms with van der Waals surface area (Å²) in [5.41, 5.74) is 3.13. The highest BCUT2D eigenvalue weighted by Crippen LogP contribution is 2.16. The zero-order chi connectivity index (χ0) is 15.4. The molecule has 0 aliphatic heterocycles. The van der Waals surface area contributed by atoms with Crippen molar-refractivity contribution in [2.45, 2.75) is 13.5 Å². The highest BCUT2D eigenvalue weighted by molar-refractivity contribution is 5.94. The van der Waals surface area contributed by atoms with E-state index in [-0.39, 0.29) is 12.5 Å². The quantitative estimate of drug-likeness (QED) is 0.803. The van der Waals surface area contributed by atoms with Gasteiger partial charge in [-0.2, -0.15) is 0 Å². The van der Waals surface area contributed by atoms with Gasteiger partial charge in [-0.15, -0.1) is 0 Å². The monoisotopic (exact) mass is 293 g/mol. The van der Waals surface area contributed by atoms with Gasteiger partial charge in [-0.3, -0.25) is 9.78 Å². The number of amides is 1. The molecule has 110 valence electrons. The minimum atomic E-state index is -0.143. The van der Waals surface area contributed by atoms with Gasteiger partial charge in [0.1, 0.15) is 5.69 Å². The van der Waals surface area contributed by atoms with E-state index in [1.165, 1.54) is 0 Å². The van der Waals surface area contributed by atoms with Crippen molar-refractivity contribution < 1.29 is 9.32 Å². The molecule has 5 nitrogen and oxygen atoms in total. The van der Waals surface area contributed by atoms with Gasteiger partial charge >= 0.3 is 0 Å². The van der Waals surface area contributed by atoms with Gasteiger partial charge in [-0.1, -0.05) is 28.9 Å². The normalized spacial score (nSPS) is 10.4. The summed E-state index contributed by atoms with van der Waals surface area (Å²) in [5.74, 6) is 0.442. The number of carbonyl (C=O) groups excluding carboxylic acids is 1. The van der Waals surface area contributed by atoms with Crippen LogP contribution in [0.4, 0.5) is 0 Å². The first-order valence-corrected chi connectivity index (χ1v) is 6.94. The highest BCUT2D eigenvalue weighted by Gasteiger charge is 2.09. The molecule has 0 bridgehead atoms. The van der Waals surface area contributed by atoms with E-state index >= 15 is 0 Å². The number of hydrogen-bond donors (Lipinski definition) is 1. The van der Waals surface area contributed by atoms with E-state index in [0.717, 1.165) is 11.3 Å². The van der Waals surface area contributed by atoms with Gasteiger partial charge in [-0.05, 0) is 31.2 Å². The predicted octanol–water partition coefficient (Wildman–Crippen LogP) is 2.98. The van der Waals surface area contributed by atoms with Gasteiger partial charge in [0.2, 0.25) is 0 Å². The second-order valence-electron chi connectivity index (χ2n) is 4.94. The van der Waals surface area contributed by atoms with Gasteiger partial charge in [0, 0.05) is 17.8 Å². The number of hydrogen-bond acceptors (Lipinski definition) is 4. The number of aryl methyl sites for hydroxylation is 1. The van der Waals surface area contributed by atoms with Gasteiger partial charge < -0.3 is 9.84 Å². The first kappa shape index (κ1) is 14.0. The minimum absolute atomic E-state index is 0.143. The molecule has 3 aromatic rings. The molecular weight excluding hydrogens is 278 g/mol. The molecule has 0 spiro atoms. The summed E-state index contributed by atoms with van der Waals surface area (Å²) < 4.78 is 5.22. The van der Waals surface area contributed by atoms with Gasteiger partial charge in [0.15, 0.2) is 5.76 Å². The molecule has 1 amide bonds. The Balaban J connectivity index is 1.64. The molecule has 0 atom stereocenters. The summed E-state index contributed by atoms with van der Waals surface area (Å²) in [6.07, 6.45) is 1.70. The van der Waals surface area contributed by atoms with Gasteiger partial charge in [-0.25, -0.2) is 0 Å². The zero-order valence-electron chi connectivity index (χ0n) is 12.1. The third-order valence-electron chi connectivity index (χ3n) is 3.22. The summed E-state index contributed by atoms with van der Waals surface area (Å²) in [6, 6.07) is 14.8. The Kier molecular flexibility index (Phi) is 3.96. The lowest BCUT2D eigenvalue weighted by Gasteiger charge is -2.02. The maximum atomic E-state index is 12.0. The number of benzene rings is 1. The smallest absolute Gasteiger partial charge is 0.251 e. The van der Waals surface area contributed by atoms with Crippen LogP contribution in [-0.2, 0) is 6.54 Å². The molecule has 0 aliphatic carbocycles. The third-order valence-corrected chi connectivity index (χ3v) is 3.22. The maximum absolute atomic E-state index is 12.0. The summed E-state index contributed by atoms with van der Waals surface area (Å²) >= 11 is 0. The van der Waals surface area contributed by atoms with Crippen molar-refractivity contribution in [1.82, 2.24) is 15.5 Å². The average Bonchev–Trinajstić information content (AvgIpc) is 3.03. The molecule has 5 heteroatoms. The number of aromatic nitrogens is 2. The van der Waals surface area contributed by atoms with Gasteiger partial charge in [0.05, 0.1) is 12.2 Å². The number of nitrogens with one attached hydrogen (secondary N) is 1. The summed E-state index contributed by atoms with van der Waals surface area (Å²) in [7, 11) is 0. The van der Waals surface area contributed by atoms with E-state index in [2.05, 4.69) is 15.5 Å². The molecule has 3 rings (SSSR count).